The van der Waals surface area contributed by atoms with E-state index in [9.17, 15) is 4.79 Å². The van der Waals surface area contributed by atoms with E-state index in [0.29, 0.717) is 17.1 Å². The number of carbonyl (C=O) groups excluding carboxylic acids is 1. The molecule has 0 spiro atoms. The van der Waals surface area contributed by atoms with E-state index in [1.807, 2.05) is 48.5 Å². The number of carbonyl (C=O) groups is 1. The van der Waals surface area contributed by atoms with Gasteiger partial charge in [-0.1, -0.05) is 43.7 Å². The van der Waals surface area contributed by atoms with Crippen molar-refractivity contribution in [1.82, 2.24) is 10.2 Å². The number of hydrogen-bond donors (Lipinski definition) is 1. The Labute approximate surface area is 178 Å². The maximum atomic E-state index is 13.2. The normalized spacial score (nSPS) is 15.4. The Hall–Kier alpha value is -2.79. The van der Waals surface area contributed by atoms with Crippen LogP contribution in [0, 0.1) is 0 Å². The van der Waals surface area contributed by atoms with Crippen molar-refractivity contribution in [1.29, 1.82) is 0 Å². The summed E-state index contributed by atoms with van der Waals surface area (Å²) in [4.78, 5) is 15.7. The maximum absolute atomic E-state index is 13.2. The van der Waals surface area contributed by atoms with Crippen molar-refractivity contribution in [3.8, 4) is 16.9 Å². The first-order valence-electron chi connectivity index (χ1n) is 10.9. The smallest absolute Gasteiger partial charge is 0.287 e. The van der Waals surface area contributed by atoms with Gasteiger partial charge in [0.2, 0.25) is 5.76 Å². The molecule has 0 aliphatic carbocycles. The number of furan rings is 1. The Balaban J connectivity index is 1.58. The topological polar surface area (TPSA) is 54.7 Å². The highest BCUT2D eigenvalue weighted by Crippen LogP contribution is 2.36. The first-order valence-corrected chi connectivity index (χ1v) is 10.9. The van der Waals surface area contributed by atoms with Crippen molar-refractivity contribution in [3.05, 3.63) is 54.3 Å². The van der Waals surface area contributed by atoms with Crippen LogP contribution in [0.1, 0.15) is 43.2 Å². The quantitative estimate of drug-likeness (QED) is 0.593. The van der Waals surface area contributed by atoms with Gasteiger partial charge in [-0.2, -0.15) is 0 Å². The third kappa shape index (κ3) is 4.36. The van der Waals surface area contributed by atoms with Crippen molar-refractivity contribution >= 4 is 16.9 Å². The number of rotatable bonds is 7. The minimum Gasteiger partial charge on any atom is -0.497 e. The molecule has 2 heterocycles. The second-order valence-electron chi connectivity index (χ2n) is 7.98. The molecule has 5 nitrogen and oxygen atoms in total. The van der Waals surface area contributed by atoms with Gasteiger partial charge in [-0.3, -0.25) is 4.79 Å². The molecule has 0 bridgehead atoms. The number of piperidine rings is 1. The molecule has 0 atom stereocenters. The molecule has 2 aromatic carbocycles. The summed E-state index contributed by atoms with van der Waals surface area (Å²) in [6.45, 7) is 5.45. The molecular weight excluding hydrogens is 376 g/mol. The number of nitrogens with one attached hydrogen (secondary N) is 1. The third-order valence-corrected chi connectivity index (χ3v) is 5.92. The Morgan fingerprint density at radius 2 is 1.93 bits per heavy atom. The largest absolute Gasteiger partial charge is 0.497 e. The molecule has 1 aromatic heterocycles. The summed E-state index contributed by atoms with van der Waals surface area (Å²) in [6, 6.07) is 15.8. The van der Waals surface area contributed by atoms with Crippen LogP contribution in [0.25, 0.3) is 22.1 Å². The van der Waals surface area contributed by atoms with E-state index < -0.39 is 0 Å². The highest BCUT2D eigenvalue weighted by molar-refractivity contribution is 6.08. The number of nitrogens with zero attached hydrogens (tertiary/aromatic N) is 1. The Kier molecular flexibility index (Phi) is 6.38. The van der Waals surface area contributed by atoms with E-state index in [0.717, 1.165) is 49.0 Å². The number of benzene rings is 2. The summed E-state index contributed by atoms with van der Waals surface area (Å²) in [5, 5.41) is 4.14. The molecule has 30 heavy (non-hydrogen) atoms. The monoisotopic (exact) mass is 406 g/mol. The van der Waals surface area contributed by atoms with E-state index >= 15 is 0 Å². The van der Waals surface area contributed by atoms with E-state index in [1.54, 1.807) is 7.11 Å². The molecule has 0 radical (unpaired) electrons. The fraction of sp³-hybridized carbons (Fsp3) is 0.400. The number of unbranched alkanes of at least 4 members (excludes halogenated alkanes) is 1. The maximum Gasteiger partial charge on any atom is 0.287 e. The van der Waals surface area contributed by atoms with Gasteiger partial charge in [0.05, 0.1) is 7.11 Å². The second-order valence-corrected chi connectivity index (χ2v) is 7.98. The van der Waals surface area contributed by atoms with E-state index in [2.05, 4.69) is 17.1 Å². The SMILES string of the molecule is CCCCN1CCC(NC(=O)c2oc3cc(OC)ccc3c2-c2ccccc2)CC1. The molecule has 1 aliphatic heterocycles. The van der Waals surface area contributed by atoms with Gasteiger partial charge < -0.3 is 19.4 Å². The van der Waals surface area contributed by atoms with Gasteiger partial charge in [0, 0.05) is 36.1 Å². The lowest BCUT2D eigenvalue weighted by Gasteiger charge is -2.32. The summed E-state index contributed by atoms with van der Waals surface area (Å²) < 4.78 is 11.4. The molecule has 0 unspecified atom stereocenters. The summed E-state index contributed by atoms with van der Waals surface area (Å²) in [7, 11) is 1.63. The zero-order valence-corrected chi connectivity index (χ0v) is 17.8. The lowest BCUT2D eigenvalue weighted by Crippen LogP contribution is -2.44. The highest BCUT2D eigenvalue weighted by Gasteiger charge is 2.26. The molecule has 1 fully saturated rings. The van der Waals surface area contributed by atoms with Gasteiger partial charge in [0.25, 0.3) is 5.91 Å². The Bertz CT molecular complexity index is 988. The molecule has 3 aromatic rings. The van der Waals surface area contributed by atoms with Gasteiger partial charge in [0.1, 0.15) is 11.3 Å². The molecule has 1 amide bonds. The molecule has 158 valence electrons. The summed E-state index contributed by atoms with van der Waals surface area (Å²) in [6.07, 6.45) is 4.41. The van der Waals surface area contributed by atoms with Crippen LogP contribution in [-0.4, -0.2) is 43.6 Å². The number of likely N-dealkylation sites (tertiary alicyclic amines) is 1. The van der Waals surface area contributed by atoms with Crippen molar-refractivity contribution in [2.24, 2.45) is 0 Å². The zero-order chi connectivity index (χ0) is 20.9. The fourth-order valence-corrected chi connectivity index (χ4v) is 4.19. The fourth-order valence-electron chi connectivity index (χ4n) is 4.19. The van der Waals surface area contributed by atoms with Crippen molar-refractivity contribution in [3.63, 3.8) is 0 Å². The molecule has 5 heteroatoms. The molecule has 0 saturated carbocycles. The number of methoxy groups -OCH3 is 1. The average molecular weight is 407 g/mol. The Morgan fingerprint density at radius 3 is 2.63 bits per heavy atom. The van der Waals surface area contributed by atoms with E-state index in [4.69, 9.17) is 9.15 Å². The van der Waals surface area contributed by atoms with Crippen LogP contribution in [-0.2, 0) is 0 Å². The van der Waals surface area contributed by atoms with Gasteiger partial charge >= 0.3 is 0 Å². The predicted octanol–water partition coefficient (Wildman–Crippen LogP) is 5.10. The van der Waals surface area contributed by atoms with Gasteiger partial charge in [-0.15, -0.1) is 0 Å². The summed E-state index contributed by atoms with van der Waals surface area (Å²) in [5.74, 6) is 0.941. The molecular formula is C25H30N2O3. The number of fused-ring (bicyclic) bond motifs is 1. The molecule has 4 rings (SSSR count). The minimum atomic E-state index is -0.143. The van der Waals surface area contributed by atoms with Crippen LogP contribution >= 0.6 is 0 Å². The molecule has 1 N–H and O–H groups in total. The number of amides is 1. The van der Waals surface area contributed by atoms with E-state index in [1.165, 1.54) is 12.8 Å². The lowest BCUT2D eigenvalue weighted by atomic mass is 10.0. The van der Waals surface area contributed by atoms with Crippen LogP contribution in [0.4, 0.5) is 0 Å². The Morgan fingerprint density at radius 1 is 1.17 bits per heavy atom. The first kappa shape index (κ1) is 20.5. The third-order valence-electron chi connectivity index (χ3n) is 5.92. The van der Waals surface area contributed by atoms with Crippen molar-refractivity contribution in [2.45, 2.75) is 38.6 Å². The van der Waals surface area contributed by atoms with Crippen LogP contribution in [0.15, 0.2) is 52.9 Å². The van der Waals surface area contributed by atoms with Crippen molar-refractivity contribution < 1.29 is 13.9 Å². The van der Waals surface area contributed by atoms with Crippen LogP contribution < -0.4 is 10.1 Å². The highest BCUT2D eigenvalue weighted by atomic mass is 16.5. The lowest BCUT2D eigenvalue weighted by molar-refractivity contribution is 0.0886. The van der Waals surface area contributed by atoms with Crippen molar-refractivity contribution in [2.75, 3.05) is 26.7 Å². The number of ether oxygens (including phenoxy) is 1. The minimum absolute atomic E-state index is 0.143. The van der Waals surface area contributed by atoms with Crippen LogP contribution in [0.5, 0.6) is 5.75 Å². The number of hydrogen-bond acceptors (Lipinski definition) is 4. The molecule has 1 saturated heterocycles. The summed E-state index contributed by atoms with van der Waals surface area (Å²) in [5.41, 5.74) is 2.47. The predicted molar refractivity (Wildman–Crippen MR) is 120 cm³/mol. The van der Waals surface area contributed by atoms with Gasteiger partial charge in [-0.25, -0.2) is 0 Å². The summed E-state index contributed by atoms with van der Waals surface area (Å²) >= 11 is 0. The van der Waals surface area contributed by atoms with Crippen LogP contribution in [0.2, 0.25) is 0 Å². The van der Waals surface area contributed by atoms with Gasteiger partial charge in [-0.05, 0) is 43.5 Å². The zero-order valence-electron chi connectivity index (χ0n) is 17.8. The second kappa shape index (κ2) is 9.35. The van der Waals surface area contributed by atoms with E-state index in [-0.39, 0.29) is 11.9 Å². The average Bonchev–Trinajstić information content (AvgIpc) is 3.18. The first-order chi connectivity index (χ1) is 14.7. The standard InChI is InChI=1S/C25H30N2O3/c1-3-4-14-27-15-12-19(13-16-27)26-25(28)24-23(18-8-6-5-7-9-18)21-11-10-20(29-2)17-22(21)30-24/h5-11,17,19H,3-4,12-16H2,1-2H3,(H,26,28). The van der Waals surface area contributed by atoms with Crippen LogP contribution in [0.3, 0.4) is 0 Å². The molecule has 1 aliphatic rings. The van der Waals surface area contributed by atoms with Gasteiger partial charge in [0.15, 0.2) is 0 Å².